The summed E-state index contributed by atoms with van der Waals surface area (Å²) in [6.45, 7) is 0. The first-order valence-electron chi connectivity index (χ1n) is 4.90. The molecule has 1 atom stereocenters. The van der Waals surface area contributed by atoms with Crippen molar-refractivity contribution in [1.29, 1.82) is 0 Å². The lowest BCUT2D eigenvalue weighted by Gasteiger charge is -2.22. The summed E-state index contributed by atoms with van der Waals surface area (Å²) in [5, 5.41) is 21.3. The fourth-order valence-electron chi connectivity index (χ4n) is 1.99. The number of fused-ring (bicyclic) bond motifs is 1. The molecule has 0 bridgehead atoms. The second kappa shape index (κ2) is 3.67. The molecular weight excluding hydrogens is 190 g/mol. The molecule has 3 heteroatoms. The first kappa shape index (κ1) is 10.2. The third-order valence-electron chi connectivity index (χ3n) is 2.71. The molecule has 15 heavy (non-hydrogen) atoms. The van der Waals surface area contributed by atoms with Crippen molar-refractivity contribution in [1.82, 2.24) is 5.32 Å². The third kappa shape index (κ3) is 2.02. The summed E-state index contributed by atoms with van der Waals surface area (Å²) in [4.78, 5) is 0. The van der Waals surface area contributed by atoms with Crippen molar-refractivity contribution in [2.24, 2.45) is 0 Å². The Balaban J connectivity index is 2.19. The van der Waals surface area contributed by atoms with E-state index in [9.17, 15) is 10.2 Å². The van der Waals surface area contributed by atoms with E-state index in [1.165, 1.54) is 5.56 Å². The van der Waals surface area contributed by atoms with Gasteiger partial charge in [0.1, 0.15) is 0 Å². The summed E-state index contributed by atoms with van der Waals surface area (Å²) in [5.41, 5.74) is 2.34. The zero-order chi connectivity index (χ0) is 10.9. The highest BCUT2D eigenvalue weighted by molar-refractivity contribution is 5.34. The molecular formula is C12H13NO2. The van der Waals surface area contributed by atoms with Crippen LogP contribution < -0.4 is 5.32 Å². The van der Waals surface area contributed by atoms with Crippen LogP contribution in [0.2, 0.25) is 0 Å². The van der Waals surface area contributed by atoms with Crippen molar-refractivity contribution >= 4 is 0 Å². The second-order valence-corrected chi connectivity index (χ2v) is 3.75. The Hall–Kier alpha value is -1.34. The Morgan fingerprint density at radius 2 is 2.13 bits per heavy atom. The van der Waals surface area contributed by atoms with Gasteiger partial charge < -0.3 is 10.2 Å². The van der Waals surface area contributed by atoms with Gasteiger partial charge in [0.25, 0.3) is 5.91 Å². The lowest BCUT2D eigenvalue weighted by molar-refractivity contribution is -0.141. The maximum absolute atomic E-state index is 9.32. The summed E-state index contributed by atoms with van der Waals surface area (Å²) in [5.74, 6) is -0.321. The predicted octanol–water partition coefficient (Wildman–Crippen LogP) is 0.535. The van der Waals surface area contributed by atoms with Gasteiger partial charge in [-0.15, -0.1) is 6.42 Å². The maximum Gasteiger partial charge on any atom is 0.291 e. The van der Waals surface area contributed by atoms with Crippen LogP contribution in [0.25, 0.3) is 0 Å². The first-order chi connectivity index (χ1) is 7.12. The number of benzene rings is 1. The largest absolute Gasteiger partial charge is 0.343 e. The summed E-state index contributed by atoms with van der Waals surface area (Å²) in [7, 11) is 0. The number of hydrogen-bond donors (Lipinski definition) is 3. The first-order valence-corrected chi connectivity index (χ1v) is 4.90. The van der Waals surface area contributed by atoms with Gasteiger partial charge in [-0.05, 0) is 29.9 Å². The smallest absolute Gasteiger partial charge is 0.291 e. The molecule has 1 aliphatic carbocycles. The summed E-state index contributed by atoms with van der Waals surface area (Å²) in [6.07, 6.45) is 6.77. The van der Waals surface area contributed by atoms with E-state index < -0.39 is 5.91 Å². The minimum atomic E-state index is -2.22. The molecule has 3 N–H and O–H groups in total. The van der Waals surface area contributed by atoms with Gasteiger partial charge in [0, 0.05) is 6.04 Å². The van der Waals surface area contributed by atoms with E-state index in [1.807, 2.05) is 30.2 Å². The maximum atomic E-state index is 9.32. The van der Waals surface area contributed by atoms with E-state index in [-0.39, 0.29) is 6.04 Å². The van der Waals surface area contributed by atoms with E-state index in [4.69, 9.17) is 6.42 Å². The summed E-state index contributed by atoms with van der Waals surface area (Å²) >= 11 is 0. The SMILES string of the molecule is C#CC(O)(O)NC1CCc2ccccc21. The van der Waals surface area contributed by atoms with E-state index >= 15 is 0 Å². The van der Waals surface area contributed by atoms with Crippen molar-refractivity contribution in [3.63, 3.8) is 0 Å². The summed E-state index contributed by atoms with van der Waals surface area (Å²) < 4.78 is 0. The van der Waals surface area contributed by atoms with Crippen LogP contribution in [0.3, 0.4) is 0 Å². The molecule has 1 aromatic carbocycles. The van der Waals surface area contributed by atoms with Gasteiger partial charge >= 0.3 is 0 Å². The molecule has 1 aliphatic rings. The Morgan fingerprint density at radius 1 is 1.40 bits per heavy atom. The molecule has 1 unspecified atom stereocenters. The Kier molecular flexibility index (Phi) is 2.49. The van der Waals surface area contributed by atoms with E-state index in [1.54, 1.807) is 0 Å². The van der Waals surface area contributed by atoms with Crippen molar-refractivity contribution in [3.8, 4) is 12.3 Å². The van der Waals surface area contributed by atoms with E-state index in [0.29, 0.717) is 0 Å². The van der Waals surface area contributed by atoms with Crippen LogP contribution in [0.1, 0.15) is 23.6 Å². The molecule has 0 aliphatic heterocycles. The van der Waals surface area contributed by atoms with Crippen LogP contribution in [0, 0.1) is 12.3 Å². The molecule has 0 amide bonds. The number of aliphatic hydroxyl groups is 2. The highest BCUT2D eigenvalue weighted by Crippen LogP contribution is 2.31. The van der Waals surface area contributed by atoms with Crippen LogP contribution in [-0.2, 0) is 6.42 Å². The van der Waals surface area contributed by atoms with Crippen molar-refractivity contribution in [2.75, 3.05) is 0 Å². The highest BCUT2D eigenvalue weighted by atomic mass is 16.5. The molecule has 0 saturated carbocycles. The standard InChI is InChI=1S/C12H13NO2/c1-2-12(14,15)13-11-8-7-9-5-3-4-6-10(9)11/h1,3-6,11,13-15H,7-8H2. The Bertz CT molecular complexity index is 406. The molecule has 3 nitrogen and oxygen atoms in total. The van der Waals surface area contributed by atoms with Crippen LogP contribution in [0.5, 0.6) is 0 Å². The quantitative estimate of drug-likeness (QED) is 0.485. The molecule has 0 heterocycles. The third-order valence-corrected chi connectivity index (χ3v) is 2.71. The van der Waals surface area contributed by atoms with Gasteiger partial charge in [-0.1, -0.05) is 24.3 Å². The highest BCUT2D eigenvalue weighted by Gasteiger charge is 2.29. The van der Waals surface area contributed by atoms with Crippen LogP contribution in [0.4, 0.5) is 0 Å². The number of terminal acetylenes is 1. The van der Waals surface area contributed by atoms with Gasteiger partial charge in [0.15, 0.2) is 0 Å². The number of hydrogen-bond acceptors (Lipinski definition) is 3. The number of rotatable bonds is 2. The average molecular weight is 203 g/mol. The van der Waals surface area contributed by atoms with Gasteiger partial charge in [-0.25, -0.2) is 5.32 Å². The van der Waals surface area contributed by atoms with Gasteiger partial charge in [-0.2, -0.15) is 0 Å². The molecule has 0 fully saturated rings. The summed E-state index contributed by atoms with van der Waals surface area (Å²) in [6, 6.07) is 7.86. The van der Waals surface area contributed by atoms with Crippen LogP contribution in [-0.4, -0.2) is 16.1 Å². The lowest BCUT2D eigenvalue weighted by atomic mass is 10.1. The van der Waals surface area contributed by atoms with Gasteiger partial charge in [-0.3, -0.25) is 0 Å². The zero-order valence-electron chi connectivity index (χ0n) is 8.27. The van der Waals surface area contributed by atoms with Gasteiger partial charge in [0.2, 0.25) is 0 Å². The second-order valence-electron chi connectivity index (χ2n) is 3.75. The molecule has 1 aromatic rings. The fourth-order valence-corrected chi connectivity index (χ4v) is 1.99. The van der Waals surface area contributed by atoms with Crippen molar-refractivity contribution in [2.45, 2.75) is 24.8 Å². The zero-order valence-corrected chi connectivity index (χ0v) is 8.27. The van der Waals surface area contributed by atoms with Gasteiger partial charge in [0.05, 0.1) is 0 Å². The number of aryl methyl sites for hydroxylation is 1. The molecule has 0 aromatic heterocycles. The van der Waals surface area contributed by atoms with E-state index in [2.05, 4.69) is 5.32 Å². The van der Waals surface area contributed by atoms with Crippen LogP contribution >= 0.6 is 0 Å². The average Bonchev–Trinajstić information content (AvgIpc) is 2.62. The lowest BCUT2D eigenvalue weighted by Crippen LogP contribution is -2.45. The topological polar surface area (TPSA) is 52.5 Å². The molecule has 78 valence electrons. The Morgan fingerprint density at radius 3 is 2.87 bits per heavy atom. The van der Waals surface area contributed by atoms with Crippen molar-refractivity contribution < 1.29 is 10.2 Å². The normalized spacial score (nSPS) is 19.7. The molecule has 0 spiro atoms. The predicted molar refractivity (Wildman–Crippen MR) is 56.6 cm³/mol. The monoisotopic (exact) mass is 203 g/mol. The molecule has 2 rings (SSSR count). The minimum Gasteiger partial charge on any atom is -0.343 e. The number of nitrogens with one attached hydrogen (secondary N) is 1. The van der Waals surface area contributed by atoms with Crippen molar-refractivity contribution in [3.05, 3.63) is 35.4 Å². The molecule has 0 saturated heterocycles. The van der Waals surface area contributed by atoms with E-state index in [0.717, 1.165) is 18.4 Å². The Labute approximate surface area is 88.8 Å². The minimum absolute atomic E-state index is 0.0766. The fraction of sp³-hybridized carbons (Fsp3) is 0.333. The van der Waals surface area contributed by atoms with Crippen LogP contribution in [0.15, 0.2) is 24.3 Å². The molecule has 0 radical (unpaired) electrons.